The van der Waals surface area contributed by atoms with Crippen molar-refractivity contribution < 1.29 is 19.1 Å². The molecule has 0 spiro atoms. The van der Waals surface area contributed by atoms with Gasteiger partial charge in [-0.15, -0.1) is 0 Å². The van der Waals surface area contributed by atoms with E-state index < -0.39 is 17.9 Å². The van der Waals surface area contributed by atoms with Crippen molar-refractivity contribution >= 4 is 28.5 Å². The molecule has 188 valence electrons. The number of anilines is 1. The molecule has 1 atom stereocenters. The molecule has 0 aliphatic carbocycles. The monoisotopic (exact) mass is 504 g/mol. The second kappa shape index (κ2) is 9.99. The maximum Gasteiger partial charge on any atom is 0.355 e. The van der Waals surface area contributed by atoms with Crippen molar-refractivity contribution in [3.8, 4) is 17.3 Å². The fraction of sp³-hybridized carbons (Fsp3) is 0.100. The van der Waals surface area contributed by atoms with E-state index in [1.807, 2.05) is 48.5 Å². The molecule has 8 heteroatoms. The highest BCUT2D eigenvalue weighted by Crippen LogP contribution is 2.43. The number of nitrogens with two attached hydrogens (primary N) is 1. The lowest BCUT2D eigenvalue weighted by atomic mass is 9.81. The maximum atomic E-state index is 13.2. The number of fused-ring (bicyclic) bond motifs is 1. The Morgan fingerprint density at radius 2 is 1.58 bits per heavy atom. The summed E-state index contributed by atoms with van der Waals surface area (Å²) in [6, 6.07) is 28.3. The van der Waals surface area contributed by atoms with E-state index in [0.717, 1.165) is 22.2 Å². The predicted octanol–water partition coefficient (Wildman–Crippen LogP) is 4.73. The van der Waals surface area contributed by atoms with E-state index in [9.17, 15) is 14.9 Å². The van der Waals surface area contributed by atoms with E-state index in [4.69, 9.17) is 15.2 Å². The zero-order valence-electron chi connectivity index (χ0n) is 20.8. The van der Waals surface area contributed by atoms with Gasteiger partial charge in [0.1, 0.15) is 11.5 Å². The fourth-order valence-electron chi connectivity index (χ4n) is 4.80. The summed E-state index contributed by atoms with van der Waals surface area (Å²) < 4.78 is 10.2. The Balaban J connectivity index is 1.68. The van der Waals surface area contributed by atoms with Crippen molar-refractivity contribution in [1.29, 1.82) is 5.26 Å². The largest absolute Gasteiger partial charge is 0.466 e. The van der Waals surface area contributed by atoms with Crippen molar-refractivity contribution in [3.05, 3.63) is 113 Å². The lowest BCUT2D eigenvalue weighted by Gasteiger charge is -2.35. The van der Waals surface area contributed by atoms with Gasteiger partial charge in [-0.1, -0.05) is 60.7 Å². The van der Waals surface area contributed by atoms with E-state index in [1.165, 1.54) is 19.1 Å². The number of carbonyl (C=O) groups is 2. The first-order valence-electron chi connectivity index (χ1n) is 11.8. The van der Waals surface area contributed by atoms with Crippen molar-refractivity contribution in [1.82, 2.24) is 4.98 Å². The Hall–Kier alpha value is -5.29. The Morgan fingerprint density at radius 1 is 0.921 bits per heavy atom. The van der Waals surface area contributed by atoms with Crippen LogP contribution in [0.4, 0.5) is 5.69 Å². The van der Waals surface area contributed by atoms with Crippen molar-refractivity contribution in [3.63, 3.8) is 0 Å². The van der Waals surface area contributed by atoms with E-state index in [2.05, 4.69) is 11.1 Å². The number of aromatic nitrogens is 1. The molecule has 1 aliphatic heterocycles. The van der Waals surface area contributed by atoms with Gasteiger partial charge in [0.05, 0.1) is 37.4 Å². The number of methoxy groups -OCH3 is 2. The van der Waals surface area contributed by atoms with Crippen LogP contribution in [0.1, 0.15) is 11.5 Å². The minimum Gasteiger partial charge on any atom is -0.466 e. The lowest BCUT2D eigenvalue weighted by Crippen LogP contribution is -2.40. The molecule has 38 heavy (non-hydrogen) atoms. The average molecular weight is 505 g/mol. The number of rotatable bonds is 5. The summed E-state index contributed by atoms with van der Waals surface area (Å²) in [5.74, 6) is -2.44. The number of nitriles is 1. The van der Waals surface area contributed by atoms with Crippen LogP contribution in [0, 0.1) is 11.3 Å². The molecule has 3 N–H and O–H groups in total. The molecule has 1 aliphatic rings. The highest BCUT2D eigenvalue weighted by Gasteiger charge is 2.42. The zero-order chi connectivity index (χ0) is 26.8. The van der Waals surface area contributed by atoms with Gasteiger partial charge in [0.2, 0.25) is 0 Å². The molecule has 0 bridgehead atoms. The van der Waals surface area contributed by atoms with Gasteiger partial charge in [-0.05, 0) is 35.4 Å². The summed E-state index contributed by atoms with van der Waals surface area (Å²) >= 11 is 0. The molecule has 1 unspecified atom stereocenters. The van der Waals surface area contributed by atoms with Gasteiger partial charge in [0, 0.05) is 22.3 Å². The highest BCUT2D eigenvalue weighted by molar-refractivity contribution is 6.06. The molecule has 8 nitrogen and oxygen atoms in total. The smallest absolute Gasteiger partial charge is 0.355 e. The minimum atomic E-state index is -0.912. The van der Waals surface area contributed by atoms with Gasteiger partial charge >= 0.3 is 11.9 Å². The first kappa shape index (κ1) is 24.4. The van der Waals surface area contributed by atoms with Crippen LogP contribution in [-0.4, -0.2) is 31.1 Å². The van der Waals surface area contributed by atoms with Crippen molar-refractivity contribution in [2.24, 2.45) is 5.73 Å². The Morgan fingerprint density at radius 3 is 2.21 bits per heavy atom. The fourth-order valence-corrected chi connectivity index (χ4v) is 4.80. The van der Waals surface area contributed by atoms with Crippen LogP contribution >= 0.6 is 0 Å². The van der Waals surface area contributed by atoms with Crippen molar-refractivity contribution in [2.75, 3.05) is 19.1 Å². The van der Waals surface area contributed by atoms with Gasteiger partial charge < -0.3 is 20.2 Å². The zero-order valence-corrected chi connectivity index (χ0v) is 20.8. The molecular weight excluding hydrogens is 480 g/mol. The van der Waals surface area contributed by atoms with Crippen LogP contribution in [0.25, 0.3) is 22.2 Å². The van der Waals surface area contributed by atoms with Gasteiger partial charge in [-0.25, -0.2) is 9.59 Å². The van der Waals surface area contributed by atoms with E-state index in [1.54, 1.807) is 36.4 Å². The molecule has 0 saturated heterocycles. The number of hydrogen-bond donors (Lipinski definition) is 2. The first-order valence-corrected chi connectivity index (χ1v) is 11.8. The molecule has 0 radical (unpaired) electrons. The molecule has 0 amide bonds. The quantitative estimate of drug-likeness (QED) is 0.377. The molecule has 0 fully saturated rings. The Labute approximate surface area is 219 Å². The summed E-state index contributed by atoms with van der Waals surface area (Å²) in [5.41, 5.74) is 10.5. The second-order valence-corrected chi connectivity index (χ2v) is 8.65. The topological polar surface area (TPSA) is 121 Å². The number of allylic oxidation sites excluding steroid dienone is 1. The van der Waals surface area contributed by atoms with Gasteiger partial charge in [-0.2, -0.15) is 5.26 Å². The number of nitrogens with zero attached hydrogens (tertiary/aromatic N) is 2. The van der Waals surface area contributed by atoms with Crippen LogP contribution in [0.15, 0.2) is 108 Å². The number of hydrogen-bond acceptors (Lipinski definition) is 7. The average Bonchev–Trinajstić information content (AvgIpc) is 3.40. The lowest BCUT2D eigenvalue weighted by molar-refractivity contribution is -0.139. The third-order valence-electron chi connectivity index (χ3n) is 6.58. The predicted molar refractivity (Wildman–Crippen MR) is 143 cm³/mol. The number of H-pyrrole nitrogens is 1. The normalized spacial score (nSPS) is 15.4. The number of esters is 2. The van der Waals surface area contributed by atoms with Crippen LogP contribution < -0.4 is 10.6 Å². The number of para-hydroxylation sites is 1. The van der Waals surface area contributed by atoms with Crippen LogP contribution in [0.2, 0.25) is 0 Å². The molecule has 1 aromatic heterocycles. The Bertz CT molecular complexity index is 1610. The van der Waals surface area contributed by atoms with E-state index in [-0.39, 0.29) is 22.7 Å². The van der Waals surface area contributed by atoms with Crippen molar-refractivity contribution in [2.45, 2.75) is 5.92 Å². The number of nitrogens with one attached hydrogen (secondary N) is 1. The number of aromatic amines is 1. The Kier molecular flexibility index (Phi) is 6.42. The maximum absolute atomic E-state index is 13.2. The van der Waals surface area contributed by atoms with Crippen LogP contribution in [0.5, 0.6) is 0 Å². The minimum absolute atomic E-state index is 0.0211. The summed E-state index contributed by atoms with van der Waals surface area (Å²) in [5, 5.41) is 11.2. The molecule has 2 heterocycles. The van der Waals surface area contributed by atoms with Crippen LogP contribution in [0.3, 0.4) is 0 Å². The number of carbonyl (C=O) groups excluding carboxylic acids is 2. The molecule has 3 aromatic carbocycles. The van der Waals surface area contributed by atoms with Crippen LogP contribution in [-0.2, 0) is 19.1 Å². The molecule has 4 aromatic rings. The first-order chi connectivity index (χ1) is 18.5. The van der Waals surface area contributed by atoms with Gasteiger partial charge in [0.15, 0.2) is 0 Å². The summed E-state index contributed by atoms with van der Waals surface area (Å²) in [6.45, 7) is 0. The third-order valence-corrected chi connectivity index (χ3v) is 6.58. The standard InChI is InChI=1S/C30H24N4O4/c1-37-29(35)26-25(19-8-4-3-5-9-19)22(17-31)28(32)34(27(26)30(36)38-2)21-14-12-18(13-15-21)24-16-20-10-6-7-11-23(20)33-24/h3-16,25,33H,32H2,1-2H3. The summed E-state index contributed by atoms with van der Waals surface area (Å²) in [4.78, 5) is 31.1. The molecule has 0 saturated carbocycles. The highest BCUT2D eigenvalue weighted by atomic mass is 16.5. The summed E-state index contributed by atoms with van der Waals surface area (Å²) in [6.07, 6.45) is 0. The molecule has 5 rings (SSSR count). The second-order valence-electron chi connectivity index (χ2n) is 8.65. The third kappa shape index (κ3) is 4.06. The van der Waals surface area contributed by atoms with Gasteiger partial charge in [-0.3, -0.25) is 4.90 Å². The number of ether oxygens (including phenoxy) is 2. The van der Waals surface area contributed by atoms with Gasteiger partial charge in [0.25, 0.3) is 0 Å². The summed E-state index contributed by atoms with van der Waals surface area (Å²) in [7, 11) is 2.44. The number of benzene rings is 3. The SMILES string of the molecule is COC(=O)C1=C(C(=O)OC)N(c2ccc(-c3cc4ccccc4[nH]3)cc2)C(N)=C(C#N)C1c1ccccc1. The van der Waals surface area contributed by atoms with E-state index in [0.29, 0.717) is 11.3 Å². The molecular formula is C30H24N4O4. The van der Waals surface area contributed by atoms with E-state index >= 15 is 0 Å².